The fourth-order valence-corrected chi connectivity index (χ4v) is 2.65. The van der Waals surface area contributed by atoms with E-state index in [0.717, 1.165) is 16.9 Å². The van der Waals surface area contributed by atoms with Gasteiger partial charge in [0.15, 0.2) is 12.4 Å². The zero-order valence-electron chi connectivity index (χ0n) is 16.9. The zero-order valence-corrected chi connectivity index (χ0v) is 16.9. The number of benzene rings is 3. The van der Waals surface area contributed by atoms with Crippen LogP contribution < -0.4 is 14.9 Å². The van der Waals surface area contributed by atoms with Gasteiger partial charge in [0.2, 0.25) is 0 Å². The minimum Gasteiger partial charge on any atom is -0.489 e. The maximum atomic E-state index is 12.0. The normalized spacial score (nSPS) is 10.9. The first-order valence-electron chi connectivity index (χ1n) is 9.49. The predicted octanol–water partition coefficient (Wildman–Crippen LogP) is 4.09. The summed E-state index contributed by atoms with van der Waals surface area (Å²) in [6.07, 6.45) is 0. The van der Waals surface area contributed by atoms with E-state index in [9.17, 15) is 14.9 Å². The van der Waals surface area contributed by atoms with Gasteiger partial charge in [-0.1, -0.05) is 42.5 Å². The third-order valence-corrected chi connectivity index (χ3v) is 4.29. The maximum Gasteiger partial charge on any atom is 0.310 e. The highest BCUT2D eigenvalue weighted by Crippen LogP contribution is 2.25. The smallest absolute Gasteiger partial charge is 0.310 e. The van der Waals surface area contributed by atoms with Crippen LogP contribution in [0.5, 0.6) is 11.5 Å². The van der Waals surface area contributed by atoms with Crippen LogP contribution in [0.25, 0.3) is 0 Å². The Morgan fingerprint density at radius 1 is 0.968 bits per heavy atom. The monoisotopic (exact) mass is 419 g/mol. The van der Waals surface area contributed by atoms with Crippen LogP contribution in [0.15, 0.2) is 84.0 Å². The van der Waals surface area contributed by atoms with Gasteiger partial charge in [0, 0.05) is 6.07 Å². The molecule has 3 aromatic carbocycles. The third-order valence-electron chi connectivity index (χ3n) is 4.29. The number of carbonyl (C=O) groups is 1. The van der Waals surface area contributed by atoms with Crippen molar-refractivity contribution < 1.29 is 19.2 Å². The first-order chi connectivity index (χ1) is 15.0. The average molecular weight is 419 g/mol. The molecule has 8 nitrogen and oxygen atoms in total. The number of nitro benzene ring substituents is 1. The second kappa shape index (κ2) is 10.5. The molecule has 0 radical (unpaired) electrons. The number of hydrazone groups is 1. The molecule has 0 spiro atoms. The molecule has 8 heteroatoms. The van der Waals surface area contributed by atoms with Gasteiger partial charge in [-0.25, -0.2) is 5.43 Å². The first kappa shape index (κ1) is 21.5. The van der Waals surface area contributed by atoms with E-state index in [1.54, 1.807) is 13.0 Å². The molecule has 0 atom stereocenters. The van der Waals surface area contributed by atoms with E-state index in [1.807, 2.05) is 54.6 Å². The summed E-state index contributed by atoms with van der Waals surface area (Å²) in [7, 11) is 0. The second-order valence-electron chi connectivity index (χ2n) is 6.54. The van der Waals surface area contributed by atoms with E-state index < -0.39 is 17.4 Å². The lowest BCUT2D eigenvalue weighted by Crippen LogP contribution is -2.25. The molecule has 0 saturated carbocycles. The minimum absolute atomic E-state index is 0.0226. The van der Waals surface area contributed by atoms with Crippen LogP contribution in [0.3, 0.4) is 0 Å². The second-order valence-corrected chi connectivity index (χ2v) is 6.54. The molecule has 0 fully saturated rings. The standard InChI is InChI=1S/C23H21N3O5/c1-17(19-11-13-20(14-12-19)30-15-18-7-3-2-4-8-18)24-25-23(27)16-31-22-10-6-5-9-21(22)26(28)29/h2-14H,15-16H2,1H3,(H,25,27). The Morgan fingerprint density at radius 3 is 2.35 bits per heavy atom. The van der Waals surface area contributed by atoms with Gasteiger partial charge in [-0.3, -0.25) is 14.9 Å². The number of nitro groups is 1. The number of carbonyl (C=O) groups excluding carboxylic acids is 1. The molecule has 0 heterocycles. The van der Waals surface area contributed by atoms with E-state index in [4.69, 9.17) is 9.47 Å². The number of ether oxygens (including phenoxy) is 2. The summed E-state index contributed by atoms with van der Waals surface area (Å²) >= 11 is 0. The summed E-state index contributed by atoms with van der Waals surface area (Å²) in [5.41, 5.74) is 4.66. The predicted molar refractivity (Wildman–Crippen MR) is 116 cm³/mol. The molecule has 0 aliphatic carbocycles. The topological polar surface area (TPSA) is 103 Å². The maximum absolute atomic E-state index is 12.0. The lowest BCUT2D eigenvalue weighted by Gasteiger charge is -2.08. The van der Waals surface area contributed by atoms with Crippen molar-refractivity contribution in [3.05, 3.63) is 100 Å². The van der Waals surface area contributed by atoms with Crippen LogP contribution in [0.1, 0.15) is 18.1 Å². The molecular formula is C23H21N3O5. The van der Waals surface area contributed by atoms with Crippen molar-refractivity contribution in [3.63, 3.8) is 0 Å². The summed E-state index contributed by atoms with van der Waals surface area (Å²) in [6, 6.07) is 23.1. The highest BCUT2D eigenvalue weighted by atomic mass is 16.6. The van der Waals surface area contributed by atoms with Crippen LogP contribution in [0, 0.1) is 10.1 Å². The molecule has 0 aromatic heterocycles. The van der Waals surface area contributed by atoms with Crippen molar-refractivity contribution in [1.29, 1.82) is 0 Å². The number of nitrogens with zero attached hydrogens (tertiary/aromatic N) is 2. The highest BCUT2D eigenvalue weighted by molar-refractivity contribution is 5.99. The molecule has 3 rings (SSSR count). The quantitative estimate of drug-likeness (QED) is 0.320. The Labute approximate surface area is 179 Å². The van der Waals surface area contributed by atoms with E-state index in [1.165, 1.54) is 18.2 Å². The summed E-state index contributed by atoms with van der Waals surface area (Å²) in [6.45, 7) is 1.83. The van der Waals surface area contributed by atoms with Gasteiger partial charge in [0.25, 0.3) is 5.91 Å². The number of amides is 1. The Bertz CT molecular complexity index is 1070. The number of hydrogen-bond donors (Lipinski definition) is 1. The fourth-order valence-electron chi connectivity index (χ4n) is 2.65. The van der Waals surface area contributed by atoms with E-state index in [-0.39, 0.29) is 11.4 Å². The van der Waals surface area contributed by atoms with Crippen molar-refractivity contribution in [2.24, 2.45) is 5.10 Å². The van der Waals surface area contributed by atoms with Crippen LogP contribution in [-0.2, 0) is 11.4 Å². The van der Waals surface area contributed by atoms with Crippen molar-refractivity contribution in [1.82, 2.24) is 5.43 Å². The Morgan fingerprint density at radius 2 is 1.65 bits per heavy atom. The van der Waals surface area contributed by atoms with Crippen molar-refractivity contribution in [2.75, 3.05) is 6.61 Å². The van der Waals surface area contributed by atoms with Gasteiger partial charge in [-0.2, -0.15) is 5.10 Å². The summed E-state index contributed by atoms with van der Waals surface area (Å²) in [5.74, 6) is 0.219. The lowest BCUT2D eigenvalue weighted by atomic mass is 10.1. The van der Waals surface area contributed by atoms with Crippen molar-refractivity contribution in [2.45, 2.75) is 13.5 Å². The minimum atomic E-state index is -0.567. The largest absolute Gasteiger partial charge is 0.489 e. The fraction of sp³-hybridized carbons (Fsp3) is 0.130. The molecule has 0 aliphatic rings. The molecule has 158 valence electrons. The molecule has 0 saturated heterocycles. The van der Waals surface area contributed by atoms with Crippen LogP contribution >= 0.6 is 0 Å². The SMILES string of the molecule is CC(=NNC(=O)COc1ccccc1[N+](=O)[O-])c1ccc(OCc2ccccc2)cc1. The van der Waals surface area contributed by atoms with Gasteiger partial charge < -0.3 is 9.47 Å². The molecule has 1 N–H and O–H groups in total. The third kappa shape index (κ3) is 6.40. The Hall–Kier alpha value is -4.20. The molecule has 31 heavy (non-hydrogen) atoms. The van der Waals surface area contributed by atoms with Gasteiger partial charge in [0.1, 0.15) is 12.4 Å². The number of rotatable bonds is 9. The van der Waals surface area contributed by atoms with Gasteiger partial charge in [0.05, 0.1) is 10.6 Å². The first-order valence-corrected chi connectivity index (χ1v) is 9.49. The molecule has 1 amide bonds. The zero-order chi connectivity index (χ0) is 22.1. The van der Waals surface area contributed by atoms with Crippen LogP contribution in [0.2, 0.25) is 0 Å². The van der Waals surface area contributed by atoms with Crippen molar-refractivity contribution >= 4 is 17.3 Å². The van der Waals surface area contributed by atoms with Gasteiger partial charge in [-0.15, -0.1) is 0 Å². The number of nitrogens with one attached hydrogen (secondary N) is 1. The van der Waals surface area contributed by atoms with Crippen LogP contribution in [0.4, 0.5) is 5.69 Å². The van der Waals surface area contributed by atoms with Crippen LogP contribution in [-0.4, -0.2) is 23.1 Å². The van der Waals surface area contributed by atoms with E-state index >= 15 is 0 Å². The number of hydrogen-bond acceptors (Lipinski definition) is 6. The highest BCUT2D eigenvalue weighted by Gasteiger charge is 2.14. The van der Waals surface area contributed by atoms with E-state index in [2.05, 4.69) is 10.5 Å². The molecule has 0 aliphatic heterocycles. The van der Waals surface area contributed by atoms with Crippen molar-refractivity contribution in [3.8, 4) is 11.5 Å². The lowest BCUT2D eigenvalue weighted by molar-refractivity contribution is -0.385. The molecule has 3 aromatic rings. The summed E-state index contributed by atoms with van der Waals surface area (Å²) < 4.78 is 11.0. The molecular weight excluding hydrogens is 398 g/mol. The molecule has 0 unspecified atom stereocenters. The Kier molecular flexibility index (Phi) is 7.31. The summed E-state index contributed by atoms with van der Waals surface area (Å²) in [4.78, 5) is 22.4. The van der Waals surface area contributed by atoms with Gasteiger partial charge >= 0.3 is 5.69 Å². The summed E-state index contributed by atoms with van der Waals surface area (Å²) in [5, 5.41) is 15.0. The van der Waals surface area contributed by atoms with E-state index in [0.29, 0.717) is 12.3 Å². The number of para-hydroxylation sites is 2. The van der Waals surface area contributed by atoms with Gasteiger partial charge in [-0.05, 0) is 48.4 Å². The average Bonchev–Trinajstić information content (AvgIpc) is 2.81. The Balaban J connectivity index is 1.50. The molecule has 0 bridgehead atoms.